The van der Waals surface area contributed by atoms with Crippen LogP contribution in [0.1, 0.15) is 5.56 Å². The lowest BCUT2D eigenvalue weighted by atomic mass is 9.98. The molecule has 5 heteroatoms. The maximum Gasteiger partial charge on any atom is 0.115 e. The Balaban J connectivity index is 1.77. The molecular weight excluding hydrogens is 432 g/mol. The van der Waals surface area contributed by atoms with Gasteiger partial charge in [0.05, 0.1) is 12.8 Å². The maximum atomic E-state index is 5.88. The number of thiocarbonyl (C=S) groups is 1. The molecule has 0 atom stereocenters. The van der Waals surface area contributed by atoms with Crippen molar-refractivity contribution >= 4 is 55.2 Å². The van der Waals surface area contributed by atoms with Gasteiger partial charge in [-0.15, -0.1) is 0 Å². The van der Waals surface area contributed by atoms with Gasteiger partial charge < -0.3 is 15.0 Å². The summed E-state index contributed by atoms with van der Waals surface area (Å²) < 4.78 is 6.37. The van der Waals surface area contributed by atoms with Gasteiger partial charge in [-0.3, -0.25) is 0 Å². The number of halogens is 1. The Bertz CT molecular complexity index is 1050. The first kappa shape index (κ1) is 18.7. The molecular formula is C23H19BrN2OS. The largest absolute Gasteiger partial charge is 0.498 e. The molecule has 3 nitrogen and oxygen atoms in total. The molecule has 28 heavy (non-hydrogen) atoms. The molecule has 3 aromatic rings. The normalized spacial score (nSPS) is 14.0. The third kappa shape index (κ3) is 4.11. The molecule has 1 aliphatic rings. The topological polar surface area (TPSA) is 24.5 Å². The van der Waals surface area contributed by atoms with E-state index in [9.17, 15) is 0 Å². The third-order valence-corrected chi connectivity index (χ3v) is 5.57. The van der Waals surface area contributed by atoms with Crippen LogP contribution in [0.2, 0.25) is 0 Å². The van der Waals surface area contributed by atoms with Crippen molar-refractivity contribution in [3.63, 3.8) is 0 Å². The first-order chi connectivity index (χ1) is 13.7. The fourth-order valence-corrected chi connectivity index (χ4v) is 3.74. The molecule has 0 spiro atoms. The Morgan fingerprint density at radius 3 is 2.61 bits per heavy atom. The minimum atomic E-state index is 0.625. The number of hydrogen-bond donors (Lipinski definition) is 1. The number of nitrogens with one attached hydrogen (secondary N) is 1. The SMILES string of the molecule is S=C(/C(=C\Nc1ccc(Br)cc1)c1cccc2ccccc12)N1C=COCC1. The summed E-state index contributed by atoms with van der Waals surface area (Å²) >= 11 is 9.35. The Labute approximate surface area is 178 Å². The number of nitrogens with zero attached hydrogens (tertiary/aromatic N) is 1. The van der Waals surface area contributed by atoms with Crippen molar-refractivity contribution in [3.8, 4) is 0 Å². The Hall–Kier alpha value is -2.63. The van der Waals surface area contributed by atoms with E-state index in [4.69, 9.17) is 17.0 Å². The quantitative estimate of drug-likeness (QED) is 0.378. The van der Waals surface area contributed by atoms with Gasteiger partial charge in [0, 0.05) is 28.1 Å². The van der Waals surface area contributed by atoms with Gasteiger partial charge in [0.1, 0.15) is 11.6 Å². The molecule has 1 aliphatic heterocycles. The first-order valence-electron chi connectivity index (χ1n) is 9.02. The van der Waals surface area contributed by atoms with Gasteiger partial charge in [0.25, 0.3) is 0 Å². The molecule has 0 saturated heterocycles. The van der Waals surface area contributed by atoms with E-state index in [1.165, 1.54) is 10.8 Å². The van der Waals surface area contributed by atoms with E-state index >= 15 is 0 Å². The summed E-state index contributed by atoms with van der Waals surface area (Å²) in [6.07, 6.45) is 5.58. The fraction of sp³-hybridized carbons (Fsp3) is 0.0870. The number of fused-ring (bicyclic) bond motifs is 1. The Morgan fingerprint density at radius 1 is 1.04 bits per heavy atom. The van der Waals surface area contributed by atoms with Gasteiger partial charge in [-0.1, -0.05) is 70.6 Å². The lowest BCUT2D eigenvalue weighted by Crippen LogP contribution is -2.31. The number of anilines is 1. The van der Waals surface area contributed by atoms with Crippen molar-refractivity contribution in [2.24, 2.45) is 0 Å². The summed E-state index contributed by atoms with van der Waals surface area (Å²) in [6, 6.07) is 22.8. The molecule has 1 N–H and O–H groups in total. The zero-order valence-electron chi connectivity index (χ0n) is 15.1. The highest BCUT2D eigenvalue weighted by Gasteiger charge is 2.17. The van der Waals surface area contributed by atoms with Crippen LogP contribution >= 0.6 is 28.1 Å². The molecule has 3 aromatic carbocycles. The molecule has 0 unspecified atom stereocenters. The average Bonchev–Trinajstić information content (AvgIpc) is 2.75. The van der Waals surface area contributed by atoms with Crippen LogP contribution in [0, 0.1) is 0 Å². The zero-order chi connectivity index (χ0) is 19.3. The summed E-state index contributed by atoms with van der Waals surface area (Å²) in [5.41, 5.74) is 3.08. The predicted octanol–water partition coefficient (Wildman–Crippen LogP) is 6.19. The smallest absolute Gasteiger partial charge is 0.115 e. The standard InChI is InChI=1S/C23H19BrN2OS/c24-18-8-10-19(11-9-18)25-16-22(23(28)26-12-14-27-15-13-26)21-7-3-5-17-4-1-2-6-20(17)21/h1-12,14,16,25H,13,15H2/b22-16-. The molecule has 4 rings (SSSR count). The van der Waals surface area contributed by atoms with Crippen molar-refractivity contribution in [1.29, 1.82) is 0 Å². The van der Waals surface area contributed by atoms with Crippen molar-refractivity contribution in [2.45, 2.75) is 0 Å². The molecule has 140 valence electrons. The van der Waals surface area contributed by atoms with Gasteiger partial charge in [0.2, 0.25) is 0 Å². The van der Waals surface area contributed by atoms with Gasteiger partial charge in [0.15, 0.2) is 0 Å². The van der Waals surface area contributed by atoms with Crippen LogP contribution in [0.4, 0.5) is 5.69 Å². The number of rotatable bonds is 4. The van der Waals surface area contributed by atoms with E-state index in [0.29, 0.717) is 6.61 Å². The van der Waals surface area contributed by atoms with E-state index in [-0.39, 0.29) is 0 Å². The highest BCUT2D eigenvalue weighted by molar-refractivity contribution is 9.10. The van der Waals surface area contributed by atoms with Crippen LogP contribution in [-0.2, 0) is 4.74 Å². The molecule has 0 amide bonds. The summed E-state index contributed by atoms with van der Waals surface area (Å²) in [5, 5.41) is 5.77. The van der Waals surface area contributed by atoms with Gasteiger partial charge in [-0.2, -0.15) is 0 Å². The molecule has 0 fully saturated rings. The van der Waals surface area contributed by atoms with E-state index in [1.54, 1.807) is 6.26 Å². The van der Waals surface area contributed by atoms with Gasteiger partial charge >= 0.3 is 0 Å². The summed E-state index contributed by atoms with van der Waals surface area (Å²) in [7, 11) is 0. The van der Waals surface area contributed by atoms with Crippen LogP contribution in [0.25, 0.3) is 16.3 Å². The Kier molecular flexibility index (Phi) is 5.74. The number of hydrogen-bond acceptors (Lipinski definition) is 3. The summed E-state index contributed by atoms with van der Waals surface area (Å²) in [5.74, 6) is 0. The predicted molar refractivity (Wildman–Crippen MR) is 124 cm³/mol. The van der Waals surface area contributed by atoms with Crippen molar-refractivity contribution in [1.82, 2.24) is 4.90 Å². The van der Waals surface area contributed by atoms with Crippen LogP contribution in [-0.4, -0.2) is 23.0 Å². The highest BCUT2D eigenvalue weighted by atomic mass is 79.9. The van der Waals surface area contributed by atoms with Crippen molar-refractivity contribution in [2.75, 3.05) is 18.5 Å². The fourth-order valence-electron chi connectivity index (χ4n) is 3.15. The van der Waals surface area contributed by atoms with Crippen LogP contribution in [0.5, 0.6) is 0 Å². The highest BCUT2D eigenvalue weighted by Crippen LogP contribution is 2.28. The van der Waals surface area contributed by atoms with Gasteiger partial charge in [-0.25, -0.2) is 0 Å². The second kappa shape index (κ2) is 8.59. The van der Waals surface area contributed by atoms with Crippen LogP contribution < -0.4 is 5.32 Å². The Morgan fingerprint density at radius 2 is 1.82 bits per heavy atom. The molecule has 0 aliphatic carbocycles. The molecule has 0 aromatic heterocycles. The minimum absolute atomic E-state index is 0.625. The summed E-state index contributed by atoms with van der Waals surface area (Å²) in [6.45, 7) is 1.36. The zero-order valence-corrected chi connectivity index (χ0v) is 17.5. The number of benzene rings is 3. The molecule has 0 bridgehead atoms. The van der Waals surface area contributed by atoms with Crippen molar-refractivity contribution < 1.29 is 4.74 Å². The maximum absolute atomic E-state index is 5.88. The van der Waals surface area contributed by atoms with Crippen molar-refractivity contribution in [3.05, 3.63) is 95.4 Å². The molecule has 0 radical (unpaired) electrons. The number of ether oxygens (including phenoxy) is 1. The lowest BCUT2D eigenvalue weighted by Gasteiger charge is -2.26. The average molecular weight is 451 g/mol. The second-order valence-corrected chi connectivity index (χ2v) is 7.69. The third-order valence-electron chi connectivity index (χ3n) is 4.59. The van der Waals surface area contributed by atoms with E-state index in [0.717, 1.165) is 32.8 Å². The van der Waals surface area contributed by atoms with E-state index < -0.39 is 0 Å². The lowest BCUT2D eigenvalue weighted by molar-refractivity contribution is 0.206. The van der Waals surface area contributed by atoms with Gasteiger partial charge in [-0.05, 0) is 40.6 Å². The molecule has 1 heterocycles. The van der Waals surface area contributed by atoms with E-state index in [2.05, 4.69) is 68.6 Å². The second-order valence-electron chi connectivity index (χ2n) is 6.39. The van der Waals surface area contributed by atoms with Crippen LogP contribution in [0.3, 0.4) is 0 Å². The minimum Gasteiger partial charge on any atom is -0.498 e. The molecule has 0 saturated carbocycles. The summed E-state index contributed by atoms with van der Waals surface area (Å²) in [4.78, 5) is 2.82. The monoisotopic (exact) mass is 450 g/mol. The van der Waals surface area contributed by atoms with Crippen LogP contribution in [0.15, 0.2) is 89.9 Å². The van der Waals surface area contributed by atoms with E-state index in [1.807, 2.05) is 36.7 Å². The first-order valence-corrected chi connectivity index (χ1v) is 10.2.